The van der Waals surface area contributed by atoms with E-state index in [-0.39, 0.29) is 11.5 Å². The largest absolute Gasteiger partial charge is 0.361 e. The molecule has 2 aliphatic rings. The molecule has 1 amide bonds. The fourth-order valence-corrected chi connectivity index (χ4v) is 3.77. The topological polar surface area (TPSA) is 64.3 Å². The van der Waals surface area contributed by atoms with Crippen LogP contribution in [0.3, 0.4) is 0 Å². The summed E-state index contributed by atoms with van der Waals surface area (Å²) in [6, 6.07) is 0.354. The predicted molar refractivity (Wildman–Crippen MR) is 80.4 cm³/mol. The highest BCUT2D eigenvalue weighted by molar-refractivity contribution is 5.80. The Morgan fingerprint density at radius 3 is 2.65 bits per heavy atom. The zero-order valence-electron chi connectivity index (χ0n) is 13.0. The molecule has 20 heavy (non-hydrogen) atoms. The Balaban J connectivity index is 1.87. The van der Waals surface area contributed by atoms with Gasteiger partial charge in [0.2, 0.25) is 5.91 Å². The van der Waals surface area contributed by atoms with E-state index in [2.05, 4.69) is 12.2 Å². The minimum atomic E-state index is -0.399. The van der Waals surface area contributed by atoms with Gasteiger partial charge < -0.3 is 15.8 Å². The van der Waals surface area contributed by atoms with Crippen molar-refractivity contribution in [1.29, 1.82) is 0 Å². The summed E-state index contributed by atoms with van der Waals surface area (Å²) >= 11 is 0. The average molecular weight is 282 g/mol. The Morgan fingerprint density at radius 2 is 2.05 bits per heavy atom. The van der Waals surface area contributed by atoms with Crippen LogP contribution in [0, 0.1) is 5.92 Å². The van der Waals surface area contributed by atoms with Crippen LogP contribution in [-0.4, -0.2) is 30.2 Å². The maximum absolute atomic E-state index is 12.2. The molecule has 2 rings (SSSR count). The zero-order chi connectivity index (χ0) is 14.6. The summed E-state index contributed by atoms with van der Waals surface area (Å²) in [5, 5.41) is 3.12. The molecule has 0 spiro atoms. The molecule has 0 radical (unpaired) electrons. The molecule has 0 aromatic rings. The third-order valence-electron chi connectivity index (χ3n) is 4.92. The van der Waals surface area contributed by atoms with E-state index >= 15 is 0 Å². The van der Waals surface area contributed by atoms with E-state index in [1.807, 2.05) is 6.92 Å². The van der Waals surface area contributed by atoms with Crippen LogP contribution in [0.15, 0.2) is 0 Å². The van der Waals surface area contributed by atoms with E-state index in [9.17, 15) is 4.79 Å². The van der Waals surface area contributed by atoms with Crippen LogP contribution in [0.4, 0.5) is 0 Å². The van der Waals surface area contributed by atoms with E-state index in [1.54, 1.807) is 0 Å². The van der Waals surface area contributed by atoms with Crippen molar-refractivity contribution >= 4 is 5.91 Å². The van der Waals surface area contributed by atoms with Gasteiger partial charge in [-0.05, 0) is 38.5 Å². The van der Waals surface area contributed by atoms with Crippen LogP contribution in [0.25, 0.3) is 0 Å². The van der Waals surface area contributed by atoms with Crippen LogP contribution in [0.1, 0.15) is 65.2 Å². The molecule has 2 saturated carbocycles. The third kappa shape index (κ3) is 3.95. The van der Waals surface area contributed by atoms with Crippen molar-refractivity contribution in [2.45, 2.75) is 83.0 Å². The Kier molecular flexibility index (Phi) is 5.44. The SMILES string of the molecule is CC1CCCC(CN)(OC(C)C(=O)NC2CCCC2)C1. The lowest BCUT2D eigenvalue weighted by atomic mass is 9.78. The fourth-order valence-electron chi connectivity index (χ4n) is 3.77. The highest BCUT2D eigenvalue weighted by Gasteiger charge is 2.37. The molecule has 0 aliphatic heterocycles. The molecule has 116 valence electrons. The first-order chi connectivity index (χ1) is 9.54. The van der Waals surface area contributed by atoms with Gasteiger partial charge in [0.15, 0.2) is 0 Å². The molecule has 0 saturated heterocycles. The summed E-state index contributed by atoms with van der Waals surface area (Å²) in [5.74, 6) is 0.667. The minimum absolute atomic E-state index is 0.0305. The standard InChI is InChI=1S/C16H30N2O2/c1-12-6-5-9-16(10-12,11-17)20-13(2)15(19)18-14-7-3-4-8-14/h12-14H,3-11,17H2,1-2H3,(H,18,19). The van der Waals surface area contributed by atoms with Crippen molar-refractivity contribution in [2.75, 3.05) is 6.54 Å². The number of ether oxygens (including phenoxy) is 1. The van der Waals surface area contributed by atoms with Crippen molar-refractivity contribution in [3.8, 4) is 0 Å². The number of nitrogens with two attached hydrogens (primary N) is 1. The van der Waals surface area contributed by atoms with Gasteiger partial charge >= 0.3 is 0 Å². The van der Waals surface area contributed by atoms with Gasteiger partial charge in [-0.3, -0.25) is 4.79 Å². The zero-order valence-corrected chi connectivity index (χ0v) is 13.0. The molecule has 3 unspecified atom stereocenters. The van der Waals surface area contributed by atoms with E-state index in [1.165, 1.54) is 19.3 Å². The van der Waals surface area contributed by atoms with E-state index in [0.29, 0.717) is 18.5 Å². The number of hydrogen-bond acceptors (Lipinski definition) is 3. The number of hydrogen-bond donors (Lipinski definition) is 2. The second-order valence-corrected chi connectivity index (χ2v) is 6.84. The first-order valence-electron chi connectivity index (χ1n) is 8.23. The van der Waals surface area contributed by atoms with Crippen LogP contribution in [-0.2, 0) is 9.53 Å². The van der Waals surface area contributed by atoms with Crippen LogP contribution >= 0.6 is 0 Å². The lowest BCUT2D eigenvalue weighted by Crippen LogP contribution is -2.50. The summed E-state index contributed by atoms with van der Waals surface area (Å²) < 4.78 is 6.13. The number of nitrogens with one attached hydrogen (secondary N) is 1. The molecule has 3 N–H and O–H groups in total. The Labute approximate surface area is 122 Å². The molecule has 0 aromatic carbocycles. The molecular weight excluding hydrogens is 252 g/mol. The number of carbonyl (C=O) groups is 1. The van der Waals surface area contributed by atoms with Gasteiger partial charge in [0.1, 0.15) is 6.10 Å². The fraction of sp³-hybridized carbons (Fsp3) is 0.938. The Morgan fingerprint density at radius 1 is 1.35 bits per heavy atom. The van der Waals surface area contributed by atoms with Gasteiger partial charge in [-0.25, -0.2) is 0 Å². The molecule has 0 heterocycles. The Hall–Kier alpha value is -0.610. The third-order valence-corrected chi connectivity index (χ3v) is 4.92. The summed E-state index contributed by atoms with van der Waals surface area (Å²) in [6.45, 7) is 4.62. The van der Waals surface area contributed by atoms with Crippen molar-refractivity contribution in [3.63, 3.8) is 0 Å². The molecule has 3 atom stereocenters. The monoisotopic (exact) mass is 282 g/mol. The molecule has 4 nitrogen and oxygen atoms in total. The highest BCUT2D eigenvalue weighted by atomic mass is 16.5. The highest BCUT2D eigenvalue weighted by Crippen LogP contribution is 2.35. The smallest absolute Gasteiger partial charge is 0.249 e. The molecular formula is C16H30N2O2. The summed E-state index contributed by atoms with van der Waals surface area (Å²) in [6.07, 6.45) is 8.62. The van der Waals surface area contributed by atoms with Gasteiger partial charge in [-0.15, -0.1) is 0 Å². The molecule has 2 aliphatic carbocycles. The lowest BCUT2D eigenvalue weighted by molar-refractivity contribution is -0.151. The minimum Gasteiger partial charge on any atom is -0.361 e. The number of carbonyl (C=O) groups excluding carboxylic acids is 1. The van der Waals surface area contributed by atoms with Crippen LogP contribution in [0.5, 0.6) is 0 Å². The van der Waals surface area contributed by atoms with Crippen LogP contribution in [0.2, 0.25) is 0 Å². The number of amides is 1. The predicted octanol–water partition coefficient (Wildman–Crippen LogP) is 2.36. The van der Waals surface area contributed by atoms with Crippen molar-refractivity contribution in [2.24, 2.45) is 11.7 Å². The van der Waals surface area contributed by atoms with Crippen LogP contribution < -0.4 is 11.1 Å². The van der Waals surface area contributed by atoms with Crippen molar-refractivity contribution in [3.05, 3.63) is 0 Å². The average Bonchev–Trinajstić information content (AvgIpc) is 2.91. The van der Waals surface area contributed by atoms with Crippen molar-refractivity contribution in [1.82, 2.24) is 5.32 Å². The van der Waals surface area contributed by atoms with Gasteiger partial charge in [0.25, 0.3) is 0 Å². The first-order valence-corrected chi connectivity index (χ1v) is 8.23. The quantitative estimate of drug-likeness (QED) is 0.813. The second-order valence-electron chi connectivity index (χ2n) is 6.84. The second kappa shape index (κ2) is 6.90. The molecule has 4 heteroatoms. The number of rotatable bonds is 5. The van der Waals surface area contributed by atoms with Gasteiger partial charge in [-0.2, -0.15) is 0 Å². The molecule has 0 bridgehead atoms. The van der Waals surface area contributed by atoms with E-state index in [4.69, 9.17) is 10.5 Å². The summed E-state index contributed by atoms with van der Waals surface area (Å²) in [5.41, 5.74) is 5.67. The normalized spacial score (nSPS) is 33.0. The van der Waals surface area contributed by atoms with E-state index in [0.717, 1.165) is 32.1 Å². The Bertz CT molecular complexity index is 328. The van der Waals surface area contributed by atoms with E-state index < -0.39 is 6.10 Å². The maximum Gasteiger partial charge on any atom is 0.249 e. The molecule has 2 fully saturated rings. The first kappa shape index (κ1) is 15.8. The van der Waals surface area contributed by atoms with Gasteiger partial charge in [0, 0.05) is 12.6 Å². The van der Waals surface area contributed by atoms with Gasteiger partial charge in [-0.1, -0.05) is 32.6 Å². The summed E-state index contributed by atoms with van der Waals surface area (Å²) in [7, 11) is 0. The maximum atomic E-state index is 12.2. The summed E-state index contributed by atoms with van der Waals surface area (Å²) in [4.78, 5) is 12.2. The van der Waals surface area contributed by atoms with Gasteiger partial charge in [0.05, 0.1) is 5.60 Å². The van der Waals surface area contributed by atoms with Crippen molar-refractivity contribution < 1.29 is 9.53 Å². The lowest BCUT2D eigenvalue weighted by Gasteiger charge is -2.40. The molecule has 0 aromatic heterocycles.